The molecule has 8 nitrogen and oxygen atoms in total. The SMILES string of the molecule is O=C(COc1cccc(-n2cnnn2)c1)N(Cc1ccco1)C12CC3CC(CC(C3)C1)C2. The van der Waals surface area contributed by atoms with Crippen LogP contribution in [0.3, 0.4) is 0 Å². The van der Waals surface area contributed by atoms with E-state index in [1.807, 2.05) is 36.4 Å². The van der Waals surface area contributed by atoms with Crippen LogP contribution in [0.5, 0.6) is 5.75 Å². The van der Waals surface area contributed by atoms with Crippen molar-refractivity contribution < 1.29 is 13.9 Å². The first-order valence-corrected chi connectivity index (χ1v) is 11.5. The van der Waals surface area contributed by atoms with Crippen molar-refractivity contribution in [2.24, 2.45) is 17.8 Å². The summed E-state index contributed by atoms with van der Waals surface area (Å²) in [4.78, 5) is 15.7. The fourth-order valence-corrected chi connectivity index (χ4v) is 6.69. The Morgan fingerprint density at radius 2 is 1.91 bits per heavy atom. The Morgan fingerprint density at radius 3 is 2.56 bits per heavy atom. The van der Waals surface area contributed by atoms with E-state index >= 15 is 0 Å². The Balaban J connectivity index is 1.22. The average Bonchev–Trinajstić information content (AvgIpc) is 3.49. The van der Waals surface area contributed by atoms with E-state index in [9.17, 15) is 4.79 Å². The average molecular weight is 434 g/mol. The van der Waals surface area contributed by atoms with E-state index in [1.54, 1.807) is 10.9 Å². The quantitative estimate of drug-likeness (QED) is 0.566. The van der Waals surface area contributed by atoms with E-state index in [1.165, 1.54) is 25.6 Å². The lowest BCUT2D eigenvalue weighted by Crippen LogP contribution is -2.61. The smallest absolute Gasteiger partial charge is 0.261 e. The van der Waals surface area contributed by atoms with E-state index in [0.29, 0.717) is 12.3 Å². The van der Waals surface area contributed by atoms with Gasteiger partial charge in [-0.15, -0.1) is 5.10 Å². The third kappa shape index (κ3) is 3.57. The number of benzene rings is 1. The molecule has 2 heterocycles. The number of hydrogen-bond donors (Lipinski definition) is 0. The largest absolute Gasteiger partial charge is 0.484 e. The minimum atomic E-state index is -0.0593. The number of hydrogen-bond acceptors (Lipinski definition) is 6. The standard InChI is InChI=1S/C24H27N5O3/c30-23(15-32-21-4-1-3-20(10-21)29-16-25-26-27-29)28(14-22-5-2-6-31-22)24-11-17-7-18(12-24)9-19(8-17)13-24/h1-6,10,16-19H,7-9,11-15H2. The number of aromatic nitrogens is 4. The molecule has 4 aliphatic rings. The minimum absolute atomic E-state index is 0.00151. The molecular weight excluding hydrogens is 406 g/mol. The molecule has 4 saturated carbocycles. The highest BCUT2D eigenvalue weighted by molar-refractivity contribution is 5.78. The van der Waals surface area contributed by atoms with Gasteiger partial charge in [-0.05, 0) is 91.0 Å². The van der Waals surface area contributed by atoms with Gasteiger partial charge in [0.25, 0.3) is 5.91 Å². The van der Waals surface area contributed by atoms with Crippen LogP contribution in [0.2, 0.25) is 0 Å². The second-order valence-electron chi connectivity index (χ2n) is 9.74. The molecule has 1 aromatic carbocycles. The van der Waals surface area contributed by atoms with Crippen molar-refractivity contribution in [1.82, 2.24) is 25.1 Å². The number of carbonyl (C=O) groups excluding carboxylic acids is 1. The first kappa shape index (κ1) is 19.5. The highest BCUT2D eigenvalue weighted by atomic mass is 16.5. The minimum Gasteiger partial charge on any atom is -0.484 e. The molecule has 0 unspecified atom stereocenters. The normalized spacial score (nSPS) is 28.1. The van der Waals surface area contributed by atoms with Crippen molar-refractivity contribution in [2.75, 3.05) is 6.61 Å². The van der Waals surface area contributed by atoms with Crippen LogP contribution in [0.15, 0.2) is 53.4 Å². The summed E-state index contributed by atoms with van der Waals surface area (Å²) in [6.07, 6.45) is 10.6. The zero-order valence-corrected chi connectivity index (χ0v) is 18.0. The third-order valence-electron chi connectivity index (χ3n) is 7.57. The van der Waals surface area contributed by atoms with Gasteiger partial charge in [0.15, 0.2) is 6.61 Å². The number of furan rings is 1. The van der Waals surface area contributed by atoms with Gasteiger partial charge < -0.3 is 14.1 Å². The Bertz CT molecular complexity index is 1040. The van der Waals surface area contributed by atoms with Crippen LogP contribution in [-0.2, 0) is 11.3 Å². The van der Waals surface area contributed by atoms with Gasteiger partial charge in [0.2, 0.25) is 0 Å². The van der Waals surface area contributed by atoms with Crippen LogP contribution in [0.1, 0.15) is 44.3 Å². The molecule has 3 aromatic rings. The summed E-state index contributed by atoms with van der Waals surface area (Å²) in [6.45, 7) is 0.507. The van der Waals surface area contributed by atoms with E-state index in [-0.39, 0.29) is 18.1 Å². The lowest BCUT2D eigenvalue weighted by atomic mass is 9.52. The summed E-state index contributed by atoms with van der Waals surface area (Å²) in [7, 11) is 0. The molecule has 4 aliphatic carbocycles. The maximum Gasteiger partial charge on any atom is 0.261 e. The highest BCUT2D eigenvalue weighted by Gasteiger charge is 2.54. The summed E-state index contributed by atoms with van der Waals surface area (Å²) >= 11 is 0. The third-order valence-corrected chi connectivity index (χ3v) is 7.57. The zero-order chi connectivity index (χ0) is 21.5. The second-order valence-corrected chi connectivity index (χ2v) is 9.74. The maximum atomic E-state index is 13.6. The summed E-state index contributed by atoms with van der Waals surface area (Å²) in [5, 5.41) is 11.3. The predicted molar refractivity (Wildman–Crippen MR) is 115 cm³/mol. The fourth-order valence-electron chi connectivity index (χ4n) is 6.69. The molecule has 0 atom stereocenters. The molecule has 0 aliphatic heterocycles. The van der Waals surface area contributed by atoms with E-state index in [0.717, 1.165) is 48.5 Å². The van der Waals surface area contributed by atoms with Crippen LogP contribution >= 0.6 is 0 Å². The predicted octanol–water partition coefficient (Wildman–Crippen LogP) is 3.63. The molecule has 1 amide bonds. The Hall–Kier alpha value is -3.16. The molecule has 0 spiro atoms. The van der Waals surface area contributed by atoms with Gasteiger partial charge in [-0.25, -0.2) is 4.68 Å². The topological polar surface area (TPSA) is 86.3 Å². The van der Waals surface area contributed by atoms with Gasteiger partial charge in [-0.3, -0.25) is 4.79 Å². The molecule has 166 valence electrons. The molecule has 7 rings (SSSR count). The van der Waals surface area contributed by atoms with E-state index in [2.05, 4.69) is 20.4 Å². The summed E-state index contributed by atoms with van der Waals surface area (Å²) in [6, 6.07) is 11.3. The molecule has 4 fully saturated rings. The summed E-state index contributed by atoms with van der Waals surface area (Å²) < 4.78 is 13.2. The molecule has 2 aromatic heterocycles. The van der Waals surface area contributed by atoms with Crippen LogP contribution in [-0.4, -0.2) is 43.2 Å². The van der Waals surface area contributed by atoms with Crippen LogP contribution in [0, 0.1) is 17.8 Å². The monoisotopic (exact) mass is 433 g/mol. The first-order valence-electron chi connectivity index (χ1n) is 11.5. The molecule has 0 N–H and O–H groups in total. The lowest BCUT2D eigenvalue weighted by molar-refractivity contribution is -0.155. The van der Waals surface area contributed by atoms with Crippen molar-refractivity contribution in [3.8, 4) is 11.4 Å². The van der Waals surface area contributed by atoms with Crippen LogP contribution in [0.4, 0.5) is 0 Å². The van der Waals surface area contributed by atoms with Crippen LogP contribution in [0.25, 0.3) is 5.69 Å². The van der Waals surface area contributed by atoms with E-state index < -0.39 is 0 Å². The summed E-state index contributed by atoms with van der Waals surface area (Å²) in [5.74, 6) is 3.73. The van der Waals surface area contributed by atoms with Gasteiger partial charge in [-0.2, -0.15) is 0 Å². The maximum absolute atomic E-state index is 13.6. The number of carbonyl (C=O) groups is 1. The number of ether oxygens (including phenoxy) is 1. The number of tetrazole rings is 1. The molecule has 0 saturated heterocycles. The van der Waals surface area contributed by atoms with Crippen molar-refractivity contribution in [2.45, 2.75) is 50.6 Å². The van der Waals surface area contributed by atoms with Gasteiger partial charge in [0.1, 0.15) is 17.8 Å². The molecule has 4 bridgehead atoms. The van der Waals surface area contributed by atoms with Gasteiger partial charge in [0.05, 0.1) is 18.5 Å². The Morgan fingerprint density at radius 1 is 1.12 bits per heavy atom. The Labute approximate surface area is 186 Å². The molecule has 32 heavy (non-hydrogen) atoms. The zero-order valence-electron chi connectivity index (χ0n) is 18.0. The van der Waals surface area contributed by atoms with Gasteiger partial charge in [-0.1, -0.05) is 6.07 Å². The number of rotatable bonds is 7. The molecule has 0 radical (unpaired) electrons. The highest BCUT2D eigenvalue weighted by Crippen LogP contribution is 2.58. The Kier molecular flexibility index (Phi) is 4.73. The fraction of sp³-hybridized carbons (Fsp3) is 0.500. The summed E-state index contributed by atoms with van der Waals surface area (Å²) in [5.41, 5.74) is 0.726. The van der Waals surface area contributed by atoms with Crippen molar-refractivity contribution in [1.29, 1.82) is 0 Å². The van der Waals surface area contributed by atoms with Crippen molar-refractivity contribution in [3.63, 3.8) is 0 Å². The first-order chi connectivity index (χ1) is 15.7. The number of amides is 1. The van der Waals surface area contributed by atoms with Crippen LogP contribution < -0.4 is 4.74 Å². The van der Waals surface area contributed by atoms with Crippen molar-refractivity contribution in [3.05, 3.63) is 54.7 Å². The molecular formula is C24H27N5O3. The van der Waals surface area contributed by atoms with Gasteiger partial charge >= 0.3 is 0 Å². The molecule has 8 heteroatoms. The van der Waals surface area contributed by atoms with Gasteiger partial charge in [0, 0.05) is 11.6 Å². The van der Waals surface area contributed by atoms with E-state index in [4.69, 9.17) is 9.15 Å². The van der Waals surface area contributed by atoms with Crippen molar-refractivity contribution >= 4 is 5.91 Å². The lowest BCUT2D eigenvalue weighted by Gasteiger charge is -2.60. The second kappa shape index (κ2) is 7.76. The number of nitrogens with zero attached hydrogens (tertiary/aromatic N) is 5.